The highest BCUT2D eigenvalue weighted by Crippen LogP contribution is 2.33. The van der Waals surface area contributed by atoms with E-state index in [-0.39, 0.29) is 29.0 Å². The molecular weight excluding hydrogens is 402 g/mol. The molecule has 0 bridgehead atoms. The Labute approximate surface area is 177 Å². The molecule has 1 amide bonds. The van der Waals surface area contributed by atoms with Crippen molar-refractivity contribution in [1.82, 2.24) is 24.5 Å². The van der Waals surface area contributed by atoms with Gasteiger partial charge in [0.1, 0.15) is 6.54 Å². The van der Waals surface area contributed by atoms with E-state index >= 15 is 0 Å². The number of benzene rings is 1. The van der Waals surface area contributed by atoms with Crippen molar-refractivity contribution >= 4 is 22.6 Å². The zero-order chi connectivity index (χ0) is 22.3. The van der Waals surface area contributed by atoms with Gasteiger partial charge in [-0.3, -0.25) is 9.48 Å². The second kappa shape index (κ2) is 7.90. The highest BCUT2D eigenvalue weighted by Gasteiger charge is 2.22. The van der Waals surface area contributed by atoms with Crippen LogP contribution in [0.25, 0.3) is 22.3 Å². The zero-order valence-corrected chi connectivity index (χ0v) is 17.6. The molecule has 0 atom stereocenters. The number of aromatic nitrogens is 5. The smallest absolute Gasteiger partial charge is 0.264 e. The Morgan fingerprint density at radius 3 is 2.68 bits per heavy atom. The molecule has 0 fully saturated rings. The Kier molecular flexibility index (Phi) is 5.26. The van der Waals surface area contributed by atoms with Crippen LogP contribution in [0, 0.1) is 20.8 Å². The molecule has 1 aromatic carbocycles. The molecule has 0 aliphatic rings. The lowest BCUT2D eigenvalue weighted by Crippen LogP contribution is -2.20. The first-order valence-electron chi connectivity index (χ1n) is 9.76. The van der Waals surface area contributed by atoms with Gasteiger partial charge in [0.25, 0.3) is 6.43 Å². The third kappa shape index (κ3) is 3.90. The van der Waals surface area contributed by atoms with Gasteiger partial charge in [-0.25, -0.2) is 18.4 Å². The molecule has 9 heteroatoms. The number of alkyl halides is 2. The third-order valence-corrected chi connectivity index (χ3v) is 5.32. The number of nitrogens with zero attached hydrogens (tertiary/aromatic N) is 5. The molecule has 0 saturated heterocycles. The molecule has 0 aliphatic carbocycles. The molecular formula is C22H22F2N6O. The van der Waals surface area contributed by atoms with Gasteiger partial charge in [0.15, 0.2) is 5.65 Å². The van der Waals surface area contributed by atoms with Crippen LogP contribution in [0.15, 0.2) is 36.7 Å². The third-order valence-electron chi connectivity index (χ3n) is 5.32. The van der Waals surface area contributed by atoms with Crippen LogP contribution in [0.2, 0.25) is 0 Å². The lowest BCUT2D eigenvalue weighted by molar-refractivity contribution is -0.116. The number of hydrogen-bond acceptors (Lipinski definition) is 4. The molecule has 31 heavy (non-hydrogen) atoms. The van der Waals surface area contributed by atoms with Crippen molar-refractivity contribution in [3.63, 3.8) is 0 Å². The molecule has 3 aromatic heterocycles. The molecule has 0 aliphatic heterocycles. The first kappa shape index (κ1) is 20.6. The fourth-order valence-corrected chi connectivity index (χ4v) is 3.58. The van der Waals surface area contributed by atoms with E-state index in [1.165, 1.54) is 10.7 Å². The van der Waals surface area contributed by atoms with Crippen LogP contribution >= 0.6 is 0 Å². The lowest BCUT2D eigenvalue weighted by Gasteiger charge is -2.11. The van der Waals surface area contributed by atoms with E-state index in [1.807, 2.05) is 32.0 Å². The fraction of sp³-hybridized carbons (Fsp3) is 0.273. The minimum absolute atomic E-state index is 0.149. The van der Waals surface area contributed by atoms with Crippen molar-refractivity contribution in [2.45, 2.75) is 33.7 Å². The average molecular weight is 424 g/mol. The van der Waals surface area contributed by atoms with Crippen molar-refractivity contribution < 1.29 is 13.6 Å². The SMILES string of the molecule is Cc1cccc(NC(=O)Cn2nc(C)c3c(C(F)F)cc(-c4cnn(C)c4)nc32)c1C. The number of nitrogens with one attached hydrogen (secondary N) is 1. The quantitative estimate of drug-likeness (QED) is 0.517. The molecule has 0 unspecified atom stereocenters. The van der Waals surface area contributed by atoms with E-state index in [4.69, 9.17) is 0 Å². The second-order valence-electron chi connectivity index (χ2n) is 7.54. The van der Waals surface area contributed by atoms with Gasteiger partial charge >= 0.3 is 0 Å². The number of rotatable bonds is 5. The largest absolute Gasteiger partial charge is 0.324 e. The van der Waals surface area contributed by atoms with Gasteiger partial charge in [0.2, 0.25) is 5.91 Å². The number of amides is 1. The molecule has 0 spiro atoms. The van der Waals surface area contributed by atoms with Crippen LogP contribution in [0.5, 0.6) is 0 Å². The summed E-state index contributed by atoms with van der Waals surface area (Å²) in [5.74, 6) is -0.315. The summed E-state index contributed by atoms with van der Waals surface area (Å²) in [6.07, 6.45) is 0.551. The van der Waals surface area contributed by atoms with E-state index < -0.39 is 6.43 Å². The number of carbonyl (C=O) groups excluding carboxylic acids is 1. The number of anilines is 1. The van der Waals surface area contributed by atoms with Crippen molar-refractivity contribution in [3.05, 3.63) is 59.0 Å². The van der Waals surface area contributed by atoms with Gasteiger partial charge in [-0.2, -0.15) is 10.2 Å². The Morgan fingerprint density at radius 1 is 1.23 bits per heavy atom. The number of hydrogen-bond donors (Lipinski definition) is 1. The molecule has 1 N–H and O–H groups in total. The minimum atomic E-state index is -2.71. The second-order valence-corrected chi connectivity index (χ2v) is 7.54. The lowest BCUT2D eigenvalue weighted by atomic mass is 10.1. The van der Waals surface area contributed by atoms with Gasteiger partial charge in [-0.05, 0) is 44.0 Å². The van der Waals surface area contributed by atoms with Crippen LogP contribution in [0.4, 0.5) is 14.5 Å². The zero-order valence-electron chi connectivity index (χ0n) is 17.6. The summed E-state index contributed by atoms with van der Waals surface area (Å²) >= 11 is 0. The molecule has 0 radical (unpaired) electrons. The van der Waals surface area contributed by atoms with Gasteiger partial charge < -0.3 is 5.32 Å². The van der Waals surface area contributed by atoms with Crippen LogP contribution in [-0.2, 0) is 18.4 Å². The maximum absolute atomic E-state index is 13.9. The van der Waals surface area contributed by atoms with Gasteiger partial charge in [0.05, 0.1) is 23.0 Å². The molecule has 0 saturated carbocycles. The number of halogens is 2. The number of aryl methyl sites for hydroxylation is 3. The number of carbonyl (C=O) groups is 1. The first-order chi connectivity index (χ1) is 14.7. The van der Waals surface area contributed by atoms with E-state index in [1.54, 1.807) is 31.0 Å². The number of pyridine rings is 1. The summed E-state index contributed by atoms with van der Waals surface area (Å²) in [5, 5.41) is 11.6. The average Bonchev–Trinajstić information content (AvgIpc) is 3.28. The summed E-state index contributed by atoms with van der Waals surface area (Å²) in [5.41, 5.74) is 4.17. The van der Waals surface area contributed by atoms with Crippen LogP contribution < -0.4 is 5.32 Å². The highest BCUT2D eigenvalue weighted by molar-refractivity contribution is 5.93. The van der Waals surface area contributed by atoms with E-state index in [2.05, 4.69) is 20.5 Å². The normalized spacial score (nSPS) is 11.5. The van der Waals surface area contributed by atoms with E-state index in [0.29, 0.717) is 22.6 Å². The predicted octanol–water partition coefficient (Wildman–Crippen LogP) is 4.33. The van der Waals surface area contributed by atoms with Crippen molar-refractivity contribution in [2.75, 3.05) is 5.32 Å². The Bertz CT molecular complexity index is 1290. The Hall–Kier alpha value is -3.62. The van der Waals surface area contributed by atoms with Crippen molar-refractivity contribution in [3.8, 4) is 11.3 Å². The Balaban J connectivity index is 1.75. The van der Waals surface area contributed by atoms with E-state index in [9.17, 15) is 13.6 Å². The molecule has 7 nitrogen and oxygen atoms in total. The van der Waals surface area contributed by atoms with Gasteiger partial charge in [-0.1, -0.05) is 12.1 Å². The molecule has 4 rings (SSSR count). The van der Waals surface area contributed by atoms with Gasteiger partial charge in [-0.15, -0.1) is 0 Å². The summed E-state index contributed by atoms with van der Waals surface area (Å²) < 4.78 is 30.7. The van der Waals surface area contributed by atoms with Crippen LogP contribution in [0.1, 0.15) is 28.8 Å². The van der Waals surface area contributed by atoms with Crippen molar-refractivity contribution in [2.24, 2.45) is 7.05 Å². The van der Waals surface area contributed by atoms with Crippen LogP contribution in [-0.4, -0.2) is 30.5 Å². The maximum atomic E-state index is 13.9. The maximum Gasteiger partial charge on any atom is 0.264 e. The molecule has 3 heterocycles. The Morgan fingerprint density at radius 2 is 2.00 bits per heavy atom. The summed E-state index contributed by atoms with van der Waals surface area (Å²) in [4.78, 5) is 17.3. The molecule has 160 valence electrons. The topological polar surface area (TPSA) is 77.6 Å². The fourth-order valence-electron chi connectivity index (χ4n) is 3.58. The monoisotopic (exact) mass is 424 g/mol. The predicted molar refractivity (Wildman–Crippen MR) is 114 cm³/mol. The first-order valence-corrected chi connectivity index (χ1v) is 9.76. The summed E-state index contributed by atoms with van der Waals surface area (Å²) in [7, 11) is 1.74. The molecule has 4 aromatic rings. The van der Waals surface area contributed by atoms with Crippen LogP contribution in [0.3, 0.4) is 0 Å². The van der Waals surface area contributed by atoms with Gasteiger partial charge in [0, 0.05) is 30.1 Å². The summed E-state index contributed by atoms with van der Waals surface area (Å²) in [6, 6.07) is 7.01. The van der Waals surface area contributed by atoms with Crippen molar-refractivity contribution in [1.29, 1.82) is 0 Å². The van der Waals surface area contributed by atoms with E-state index in [0.717, 1.165) is 11.1 Å². The standard InChI is InChI=1S/C22H22F2N6O/c1-12-6-5-7-17(13(12)2)26-19(31)11-30-22-20(14(3)28-30)16(21(23)24)8-18(27-22)15-9-25-29(4)10-15/h5-10,21H,11H2,1-4H3,(H,26,31). The number of fused-ring (bicyclic) bond motifs is 1. The minimum Gasteiger partial charge on any atom is -0.324 e. The summed E-state index contributed by atoms with van der Waals surface area (Å²) in [6.45, 7) is 5.38. The highest BCUT2D eigenvalue weighted by atomic mass is 19.3.